The molecule has 1 N–H and O–H groups in total. The third-order valence-electron chi connectivity index (χ3n) is 4.23. The number of imide groups is 1. The van der Waals surface area contributed by atoms with Crippen LogP contribution < -0.4 is 5.32 Å². The average Bonchev–Trinajstić information content (AvgIpc) is 2.36. The molecular weight excluding hydrogens is 190 g/mol. The molecule has 3 heteroatoms. The van der Waals surface area contributed by atoms with Crippen LogP contribution in [0.15, 0.2) is 0 Å². The molecule has 1 spiro atoms. The van der Waals surface area contributed by atoms with Gasteiger partial charge < -0.3 is 0 Å². The van der Waals surface area contributed by atoms with Gasteiger partial charge >= 0.3 is 0 Å². The third kappa shape index (κ3) is 1.58. The Morgan fingerprint density at radius 2 is 1.93 bits per heavy atom. The Morgan fingerprint density at radius 3 is 2.40 bits per heavy atom. The van der Waals surface area contributed by atoms with Gasteiger partial charge in [-0.1, -0.05) is 20.8 Å². The van der Waals surface area contributed by atoms with Gasteiger partial charge in [0.2, 0.25) is 11.8 Å². The summed E-state index contributed by atoms with van der Waals surface area (Å²) >= 11 is 0. The number of hydrogen-bond donors (Lipinski definition) is 1. The highest BCUT2D eigenvalue weighted by atomic mass is 16.2. The molecule has 2 fully saturated rings. The van der Waals surface area contributed by atoms with E-state index in [1.807, 2.05) is 0 Å². The lowest BCUT2D eigenvalue weighted by Gasteiger charge is -2.44. The Kier molecular flexibility index (Phi) is 2.18. The second-order valence-corrected chi connectivity index (χ2v) is 5.98. The number of amides is 2. The van der Waals surface area contributed by atoms with Crippen molar-refractivity contribution < 1.29 is 9.59 Å². The van der Waals surface area contributed by atoms with Gasteiger partial charge in [0, 0.05) is 6.42 Å². The Hall–Kier alpha value is -0.860. The average molecular weight is 209 g/mol. The van der Waals surface area contributed by atoms with Crippen LogP contribution in [0.25, 0.3) is 0 Å². The first-order valence-electron chi connectivity index (χ1n) is 5.70. The third-order valence-corrected chi connectivity index (χ3v) is 4.23. The standard InChI is InChI=1S/C12H19NO2/c1-8-6-11(2,3)4-5-12(8)7-9(14)13-10(12)15/h8H,4-7H2,1-3H3,(H,13,14,15). The Balaban J connectivity index is 2.24. The minimum absolute atomic E-state index is 0.0319. The van der Waals surface area contributed by atoms with Gasteiger partial charge in [0.15, 0.2) is 0 Å². The van der Waals surface area contributed by atoms with Crippen LogP contribution >= 0.6 is 0 Å². The molecule has 84 valence electrons. The molecule has 1 heterocycles. The van der Waals surface area contributed by atoms with E-state index in [1.165, 1.54) is 0 Å². The summed E-state index contributed by atoms with van der Waals surface area (Å²) in [6.45, 7) is 6.59. The van der Waals surface area contributed by atoms with Gasteiger partial charge in [0.05, 0.1) is 5.41 Å². The Morgan fingerprint density at radius 1 is 1.27 bits per heavy atom. The molecule has 15 heavy (non-hydrogen) atoms. The van der Waals surface area contributed by atoms with Gasteiger partial charge in [-0.05, 0) is 30.6 Å². The fraction of sp³-hybridized carbons (Fsp3) is 0.833. The summed E-state index contributed by atoms with van der Waals surface area (Å²) in [7, 11) is 0. The lowest BCUT2D eigenvalue weighted by Crippen LogP contribution is -2.43. The van der Waals surface area contributed by atoms with E-state index >= 15 is 0 Å². The van der Waals surface area contributed by atoms with Crippen molar-refractivity contribution in [1.82, 2.24) is 5.32 Å². The van der Waals surface area contributed by atoms with E-state index in [0.29, 0.717) is 17.8 Å². The molecule has 1 aliphatic carbocycles. The molecule has 0 radical (unpaired) electrons. The highest BCUT2D eigenvalue weighted by Crippen LogP contribution is 2.52. The first-order valence-corrected chi connectivity index (χ1v) is 5.70. The van der Waals surface area contributed by atoms with Crippen molar-refractivity contribution >= 4 is 11.8 Å². The molecule has 1 saturated heterocycles. The van der Waals surface area contributed by atoms with E-state index in [4.69, 9.17) is 0 Å². The number of nitrogens with one attached hydrogen (secondary N) is 1. The Labute approximate surface area is 90.6 Å². The van der Waals surface area contributed by atoms with E-state index in [-0.39, 0.29) is 17.2 Å². The maximum Gasteiger partial charge on any atom is 0.233 e. The molecule has 2 unspecified atom stereocenters. The summed E-state index contributed by atoms with van der Waals surface area (Å²) < 4.78 is 0. The lowest BCUT2D eigenvalue weighted by molar-refractivity contribution is -0.133. The van der Waals surface area contributed by atoms with E-state index in [2.05, 4.69) is 26.1 Å². The Bertz CT molecular complexity index is 322. The monoisotopic (exact) mass is 209 g/mol. The molecule has 2 rings (SSSR count). The fourth-order valence-electron chi connectivity index (χ4n) is 3.20. The van der Waals surface area contributed by atoms with Crippen LogP contribution in [0.3, 0.4) is 0 Å². The normalized spacial score (nSPS) is 39.5. The van der Waals surface area contributed by atoms with Gasteiger partial charge in [-0.3, -0.25) is 14.9 Å². The maximum absolute atomic E-state index is 11.9. The van der Waals surface area contributed by atoms with Crippen molar-refractivity contribution in [3.05, 3.63) is 0 Å². The van der Waals surface area contributed by atoms with Crippen LogP contribution in [0, 0.1) is 16.7 Å². The first kappa shape index (κ1) is 10.7. The van der Waals surface area contributed by atoms with E-state index in [9.17, 15) is 9.59 Å². The minimum Gasteiger partial charge on any atom is -0.296 e. The van der Waals surface area contributed by atoms with Crippen molar-refractivity contribution in [1.29, 1.82) is 0 Å². The predicted octanol–water partition coefficient (Wildman–Crippen LogP) is 1.87. The van der Waals surface area contributed by atoms with Gasteiger partial charge in [-0.2, -0.15) is 0 Å². The van der Waals surface area contributed by atoms with Crippen molar-refractivity contribution in [2.45, 2.75) is 46.5 Å². The van der Waals surface area contributed by atoms with E-state index in [0.717, 1.165) is 19.3 Å². The molecule has 1 aliphatic heterocycles. The number of carbonyl (C=O) groups is 2. The molecule has 1 saturated carbocycles. The summed E-state index contributed by atoms with van der Waals surface area (Å²) in [6, 6.07) is 0. The SMILES string of the molecule is CC1CC(C)(C)CCC12CC(=O)NC2=O. The smallest absolute Gasteiger partial charge is 0.233 e. The minimum atomic E-state index is -0.382. The topological polar surface area (TPSA) is 46.2 Å². The van der Waals surface area contributed by atoms with Crippen molar-refractivity contribution in [2.75, 3.05) is 0 Å². The molecule has 3 nitrogen and oxygen atoms in total. The largest absolute Gasteiger partial charge is 0.296 e. The molecular formula is C12H19NO2. The first-order chi connectivity index (χ1) is 6.86. The van der Waals surface area contributed by atoms with Crippen LogP contribution in [-0.2, 0) is 9.59 Å². The highest BCUT2D eigenvalue weighted by Gasteiger charge is 2.53. The molecule has 0 bridgehead atoms. The van der Waals surface area contributed by atoms with Crippen LogP contribution in [0.4, 0.5) is 0 Å². The second-order valence-electron chi connectivity index (χ2n) is 5.98. The summed E-state index contributed by atoms with van der Waals surface area (Å²) in [4.78, 5) is 23.2. The van der Waals surface area contributed by atoms with Crippen LogP contribution in [0.2, 0.25) is 0 Å². The molecule has 0 aromatic carbocycles. The zero-order valence-electron chi connectivity index (χ0n) is 9.72. The summed E-state index contributed by atoms with van der Waals surface area (Å²) in [6.07, 6.45) is 3.34. The zero-order chi connectivity index (χ0) is 11.3. The summed E-state index contributed by atoms with van der Waals surface area (Å²) in [5, 5.41) is 2.46. The van der Waals surface area contributed by atoms with Gasteiger partial charge in [0.1, 0.15) is 0 Å². The number of rotatable bonds is 0. The fourth-order valence-corrected chi connectivity index (χ4v) is 3.20. The molecule has 0 aromatic heterocycles. The van der Waals surface area contributed by atoms with Crippen molar-refractivity contribution in [3.8, 4) is 0 Å². The van der Waals surface area contributed by atoms with Crippen LogP contribution in [0.5, 0.6) is 0 Å². The predicted molar refractivity (Wildman–Crippen MR) is 57.0 cm³/mol. The quantitative estimate of drug-likeness (QED) is 0.619. The number of hydrogen-bond acceptors (Lipinski definition) is 2. The molecule has 2 amide bonds. The van der Waals surface area contributed by atoms with E-state index < -0.39 is 0 Å². The molecule has 2 atom stereocenters. The van der Waals surface area contributed by atoms with Gasteiger partial charge in [-0.15, -0.1) is 0 Å². The van der Waals surface area contributed by atoms with Crippen LogP contribution in [0.1, 0.15) is 46.5 Å². The highest BCUT2D eigenvalue weighted by molar-refractivity contribution is 6.06. The molecule has 2 aliphatic rings. The summed E-state index contributed by atoms with van der Waals surface area (Å²) in [5.41, 5.74) is -0.0663. The van der Waals surface area contributed by atoms with Crippen molar-refractivity contribution in [3.63, 3.8) is 0 Å². The van der Waals surface area contributed by atoms with E-state index in [1.54, 1.807) is 0 Å². The van der Waals surface area contributed by atoms with Crippen molar-refractivity contribution in [2.24, 2.45) is 16.7 Å². The zero-order valence-corrected chi connectivity index (χ0v) is 9.72. The summed E-state index contributed by atoms with van der Waals surface area (Å²) in [5.74, 6) is 0.190. The van der Waals surface area contributed by atoms with Gasteiger partial charge in [0.25, 0.3) is 0 Å². The molecule has 0 aromatic rings. The number of carbonyl (C=O) groups excluding carboxylic acids is 2. The van der Waals surface area contributed by atoms with Crippen LogP contribution in [-0.4, -0.2) is 11.8 Å². The second kappa shape index (κ2) is 3.06. The maximum atomic E-state index is 11.9. The lowest BCUT2D eigenvalue weighted by atomic mass is 9.59. The van der Waals surface area contributed by atoms with Gasteiger partial charge in [-0.25, -0.2) is 0 Å².